The van der Waals surface area contributed by atoms with Crippen LogP contribution in [0, 0.1) is 0 Å². The molecular formula is C12H30NO12P3S3. The third kappa shape index (κ3) is 12.6. The molecule has 0 unspecified atom stereocenters. The summed E-state index contributed by atoms with van der Waals surface area (Å²) in [6.07, 6.45) is -12.2. The zero-order valence-electron chi connectivity index (χ0n) is 16.8. The van der Waals surface area contributed by atoms with Gasteiger partial charge in [0, 0.05) is 0 Å². The fourth-order valence-electron chi connectivity index (χ4n) is 2.68. The van der Waals surface area contributed by atoms with Crippen molar-refractivity contribution in [2.24, 2.45) is 0 Å². The van der Waals surface area contributed by atoms with Gasteiger partial charge in [-0.25, -0.2) is 0 Å². The van der Waals surface area contributed by atoms with Crippen LogP contribution >= 0.6 is 20.2 Å². The Labute approximate surface area is 195 Å². The van der Waals surface area contributed by atoms with Crippen molar-refractivity contribution < 1.29 is 58.3 Å². The summed E-state index contributed by atoms with van der Waals surface area (Å²) in [4.78, 5) is 57.5. The second-order valence-corrected chi connectivity index (χ2v) is 14.1. The van der Waals surface area contributed by atoms with E-state index >= 15 is 0 Å². The third-order valence-corrected chi connectivity index (χ3v) is 6.47. The molecule has 0 heterocycles. The van der Waals surface area contributed by atoms with Crippen molar-refractivity contribution in [1.29, 1.82) is 0 Å². The number of nitrogens with zero attached hydrogens (tertiary/aromatic N) is 1. The van der Waals surface area contributed by atoms with Gasteiger partial charge in [0.2, 0.25) is 0 Å². The third-order valence-electron chi connectivity index (χ3n) is 4.14. The normalized spacial score (nSPS) is 30.1. The highest BCUT2D eigenvalue weighted by Crippen LogP contribution is 2.49. The van der Waals surface area contributed by atoms with Crippen molar-refractivity contribution >= 4 is 55.6 Å². The Morgan fingerprint density at radius 2 is 0.839 bits per heavy atom. The van der Waals surface area contributed by atoms with E-state index in [9.17, 15) is 34.9 Å². The molecule has 1 fully saturated rings. The van der Waals surface area contributed by atoms with Crippen LogP contribution in [0.3, 0.4) is 0 Å². The Balaban J connectivity index is 0.00000110. The highest BCUT2D eigenvalue weighted by Gasteiger charge is 2.55. The van der Waals surface area contributed by atoms with E-state index in [2.05, 4.69) is 74.7 Å². The van der Waals surface area contributed by atoms with Crippen LogP contribution in [0.4, 0.5) is 0 Å². The predicted molar refractivity (Wildman–Crippen MR) is 122 cm³/mol. The number of aliphatic hydroxyl groups excluding tert-OH is 3. The minimum atomic E-state index is -4.48. The van der Waals surface area contributed by atoms with E-state index in [1.807, 2.05) is 0 Å². The Morgan fingerprint density at radius 1 is 0.581 bits per heavy atom. The van der Waals surface area contributed by atoms with Gasteiger partial charge in [0.1, 0.15) is 36.6 Å². The van der Waals surface area contributed by atoms with E-state index in [-0.39, 0.29) is 0 Å². The largest absolute Gasteiger partial charge is 0.387 e. The lowest BCUT2D eigenvalue weighted by atomic mass is 9.85. The first-order chi connectivity index (χ1) is 13.9. The van der Waals surface area contributed by atoms with Gasteiger partial charge in [0.15, 0.2) is 0 Å². The Morgan fingerprint density at radius 3 is 1.10 bits per heavy atom. The second kappa shape index (κ2) is 13.5. The Kier molecular flexibility index (Phi) is 14.1. The molecule has 188 valence electrons. The molecule has 0 bridgehead atoms. The molecule has 0 aromatic heterocycles. The SMILES string of the molecule is CCN(CC)CC.O[C@@H]1[C@H](O)[C@H](OP(O)(O)=S)[C@@H](OP(O)(O)=S)[C@@H](O)[C@@H]1OP(O)(O)=S. The Hall–Kier alpha value is 1.43. The molecule has 1 aliphatic rings. The minimum absolute atomic E-state index is 1.19. The zero-order valence-corrected chi connectivity index (χ0v) is 22.0. The summed E-state index contributed by atoms with van der Waals surface area (Å²) in [5.74, 6) is 0. The number of hydrogen-bond donors (Lipinski definition) is 9. The molecule has 13 nitrogen and oxygen atoms in total. The van der Waals surface area contributed by atoms with Crippen molar-refractivity contribution in [3.05, 3.63) is 0 Å². The van der Waals surface area contributed by atoms with E-state index in [0.717, 1.165) is 0 Å². The van der Waals surface area contributed by atoms with E-state index in [4.69, 9.17) is 9.79 Å². The number of hydrogen-bond acceptors (Lipinski definition) is 10. The van der Waals surface area contributed by atoms with Crippen LogP contribution in [0.15, 0.2) is 0 Å². The molecule has 9 N–H and O–H groups in total. The van der Waals surface area contributed by atoms with Gasteiger partial charge in [0.05, 0.1) is 0 Å². The maximum atomic E-state index is 10.1. The molecule has 0 aromatic rings. The lowest BCUT2D eigenvalue weighted by Gasteiger charge is -2.45. The summed E-state index contributed by atoms with van der Waals surface area (Å²) in [7, 11) is 0. The first kappa shape index (κ1) is 32.4. The first-order valence-corrected chi connectivity index (χ1v) is 16.7. The standard InChI is InChI=1S/C6H15N.C6H15O12P3S3/c1-4-7(5-2)6-3;7-1-2(8)5(17-20(12,13)23)6(18-21(14,15)24)3(9)4(1)16-19(10,11)22/h4-6H2,1-3H3;1-9H,(H2,10,11,22)(H2,12,13,23)(H2,14,15,24)/t;1-,2+,3+,4-,5+,6+/m.1/s1. The van der Waals surface area contributed by atoms with Crippen molar-refractivity contribution in [2.45, 2.75) is 57.4 Å². The monoisotopic (exact) mass is 569 g/mol. The summed E-state index contributed by atoms with van der Waals surface area (Å²) < 4.78 is 13.7. The Bertz CT molecular complexity index is 677. The highest BCUT2D eigenvalue weighted by atomic mass is 32.5. The average molecular weight is 569 g/mol. The van der Waals surface area contributed by atoms with Gasteiger partial charge >= 0.3 is 20.2 Å². The quantitative estimate of drug-likeness (QED) is 0.140. The van der Waals surface area contributed by atoms with E-state index in [1.165, 1.54) is 19.6 Å². The van der Waals surface area contributed by atoms with Crippen LogP contribution in [-0.4, -0.2) is 106 Å². The molecule has 0 saturated heterocycles. The molecule has 0 radical (unpaired) electrons. The number of aliphatic hydroxyl groups is 3. The van der Waals surface area contributed by atoms with Gasteiger partial charge in [-0.05, 0) is 55.1 Å². The molecule has 31 heavy (non-hydrogen) atoms. The van der Waals surface area contributed by atoms with Crippen LogP contribution < -0.4 is 0 Å². The fraction of sp³-hybridized carbons (Fsp3) is 1.00. The van der Waals surface area contributed by atoms with Crippen molar-refractivity contribution in [1.82, 2.24) is 4.90 Å². The van der Waals surface area contributed by atoms with Gasteiger partial charge in [-0.2, -0.15) is 0 Å². The fourth-order valence-corrected chi connectivity index (χ4v) is 5.27. The van der Waals surface area contributed by atoms with Crippen molar-refractivity contribution in [3.8, 4) is 0 Å². The van der Waals surface area contributed by atoms with Crippen LogP contribution in [0.5, 0.6) is 0 Å². The van der Waals surface area contributed by atoms with Gasteiger partial charge < -0.3 is 49.6 Å². The summed E-state index contributed by atoms with van der Waals surface area (Å²) in [6, 6.07) is 0. The van der Waals surface area contributed by atoms with Gasteiger partial charge in [0.25, 0.3) is 0 Å². The van der Waals surface area contributed by atoms with Crippen LogP contribution in [-0.2, 0) is 49.0 Å². The smallest absolute Gasteiger partial charge is 0.322 e. The van der Waals surface area contributed by atoms with Crippen LogP contribution in [0.2, 0.25) is 0 Å². The highest BCUT2D eigenvalue weighted by molar-refractivity contribution is 8.07. The second-order valence-electron chi connectivity index (χ2n) is 6.27. The summed E-state index contributed by atoms with van der Waals surface area (Å²) in [5, 5.41) is 30.0. The van der Waals surface area contributed by atoms with Gasteiger partial charge in [-0.1, -0.05) is 20.8 Å². The minimum Gasteiger partial charge on any atom is -0.387 e. The van der Waals surface area contributed by atoms with E-state index in [0.29, 0.717) is 0 Å². The lowest BCUT2D eigenvalue weighted by molar-refractivity contribution is -0.208. The summed E-state index contributed by atoms with van der Waals surface area (Å²) >= 11 is 12.6. The van der Waals surface area contributed by atoms with Crippen molar-refractivity contribution in [3.63, 3.8) is 0 Å². The molecule has 19 heteroatoms. The zero-order chi connectivity index (χ0) is 24.8. The maximum Gasteiger partial charge on any atom is 0.322 e. The first-order valence-electron chi connectivity index (χ1n) is 8.85. The van der Waals surface area contributed by atoms with Crippen molar-refractivity contribution in [2.75, 3.05) is 19.6 Å². The molecule has 1 aliphatic carbocycles. The van der Waals surface area contributed by atoms with E-state index < -0.39 is 56.8 Å². The van der Waals surface area contributed by atoms with E-state index in [1.54, 1.807) is 0 Å². The topological polar surface area (TPSA) is 213 Å². The summed E-state index contributed by atoms with van der Waals surface area (Å²) in [6.45, 7) is -3.23. The van der Waals surface area contributed by atoms with Gasteiger partial charge in [-0.15, -0.1) is 0 Å². The maximum absolute atomic E-state index is 10.1. The molecule has 1 saturated carbocycles. The molecule has 0 amide bonds. The summed E-state index contributed by atoms with van der Waals surface area (Å²) in [5.41, 5.74) is 0. The molecule has 6 atom stereocenters. The average Bonchev–Trinajstić information content (AvgIpc) is 2.59. The molecule has 0 aliphatic heterocycles. The molecule has 0 aromatic carbocycles. The molecule has 1 rings (SSSR count). The molecular weight excluding hydrogens is 539 g/mol. The van der Waals surface area contributed by atoms with Crippen LogP contribution in [0.25, 0.3) is 0 Å². The lowest BCUT2D eigenvalue weighted by Crippen LogP contribution is -2.65. The predicted octanol–water partition coefficient (Wildman–Crippen LogP) is -1.79. The van der Waals surface area contributed by atoms with Gasteiger partial charge in [-0.3, -0.25) is 13.6 Å². The van der Waals surface area contributed by atoms with Crippen LogP contribution in [0.1, 0.15) is 20.8 Å². The molecule has 0 spiro atoms. The number of rotatable bonds is 9.